The molecule has 0 spiro atoms. The SMILES string of the molecule is CCC(CC)(c1cc(C)cc(C)c1)c1c(-c2ccc(-c3cc(C)c(-c4cccc(C(F)(F)F)c4)cn3)cc2)cccc1-c1ccc(-c2cc(C)c(-c3cccc(C(F)(F)F)c3)cn2)cc1. The maximum atomic E-state index is 13.5. The van der Waals surface area contributed by atoms with E-state index in [4.69, 9.17) is 9.97 Å². The number of hydrogen-bond donors (Lipinski definition) is 0. The summed E-state index contributed by atoms with van der Waals surface area (Å²) in [5, 5.41) is 0. The van der Waals surface area contributed by atoms with Gasteiger partial charge in [-0.25, -0.2) is 0 Å². The van der Waals surface area contributed by atoms with Crippen LogP contribution in [-0.2, 0) is 17.8 Å². The molecule has 0 atom stereocenters. The Balaban J connectivity index is 1.18. The van der Waals surface area contributed by atoms with Gasteiger partial charge in [-0.05, 0) is 133 Å². The molecule has 65 heavy (non-hydrogen) atoms. The molecule has 0 radical (unpaired) electrons. The summed E-state index contributed by atoms with van der Waals surface area (Å²) in [6.45, 7) is 12.6. The van der Waals surface area contributed by atoms with Crippen molar-refractivity contribution in [1.82, 2.24) is 9.97 Å². The van der Waals surface area contributed by atoms with Crippen LogP contribution >= 0.6 is 0 Å². The number of pyridine rings is 2. The first-order valence-electron chi connectivity index (χ1n) is 21.7. The fourth-order valence-electron chi connectivity index (χ4n) is 9.36. The summed E-state index contributed by atoms with van der Waals surface area (Å²) in [5.41, 5.74) is 14.5. The van der Waals surface area contributed by atoms with E-state index < -0.39 is 23.5 Å². The number of halogens is 6. The summed E-state index contributed by atoms with van der Waals surface area (Å²) < 4.78 is 81.1. The zero-order valence-corrected chi connectivity index (χ0v) is 37.1. The van der Waals surface area contributed by atoms with Gasteiger partial charge >= 0.3 is 12.4 Å². The zero-order chi connectivity index (χ0) is 46.3. The third-order valence-corrected chi connectivity index (χ3v) is 12.7. The first-order chi connectivity index (χ1) is 31.0. The molecule has 0 amide bonds. The molecule has 328 valence electrons. The summed E-state index contributed by atoms with van der Waals surface area (Å²) in [6, 6.07) is 44.5. The molecule has 0 unspecified atom stereocenters. The first kappa shape index (κ1) is 44.8. The summed E-state index contributed by atoms with van der Waals surface area (Å²) in [5.74, 6) is 0. The second-order valence-electron chi connectivity index (χ2n) is 17.0. The molecule has 6 aromatic carbocycles. The largest absolute Gasteiger partial charge is 0.416 e. The van der Waals surface area contributed by atoms with Crippen LogP contribution in [0.15, 0.2) is 158 Å². The average Bonchev–Trinajstić information content (AvgIpc) is 3.29. The smallest absolute Gasteiger partial charge is 0.256 e. The molecule has 8 aromatic rings. The predicted octanol–water partition coefficient (Wildman–Crippen LogP) is 16.9. The molecule has 2 nitrogen and oxygen atoms in total. The van der Waals surface area contributed by atoms with E-state index in [1.165, 1.54) is 34.4 Å². The molecule has 0 saturated carbocycles. The molecule has 0 fully saturated rings. The fraction of sp³-hybridized carbons (Fsp3) is 0.193. The third kappa shape index (κ3) is 8.99. The maximum absolute atomic E-state index is 13.5. The Kier molecular flexibility index (Phi) is 12.2. The van der Waals surface area contributed by atoms with Crippen molar-refractivity contribution >= 4 is 0 Å². The van der Waals surface area contributed by atoms with Crippen molar-refractivity contribution in [2.24, 2.45) is 0 Å². The lowest BCUT2D eigenvalue weighted by Gasteiger charge is -2.37. The Morgan fingerprint density at radius 1 is 0.385 bits per heavy atom. The molecule has 0 bridgehead atoms. The van der Waals surface area contributed by atoms with Crippen LogP contribution in [0.1, 0.15) is 71.2 Å². The van der Waals surface area contributed by atoms with Crippen LogP contribution in [0.5, 0.6) is 0 Å². The fourth-order valence-corrected chi connectivity index (χ4v) is 9.36. The summed E-state index contributed by atoms with van der Waals surface area (Å²) in [6.07, 6.45) is -3.90. The third-order valence-electron chi connectivity index (χ3n) is 12.7. The number of benzene rings is 6. The van der Waals surface area contributed by atoms with Gasteiger partial charge in [-0.1, -0.05) is 134 Å². The Morgan fingerprint density at radius 2 is 0.769 bits per heavy atom. The molecule has 0 aliphatic heterocycles. The topological polar surface area (TPSA) is 25.8 Å². The van der Waals surface area contributed by atoms with Crippen LogP contribution in [-0.4, -0.2) is 9.97 Å². The maximum Gasteiger partial charge on any atom is 0.416 e. The Bertz CT molecular complexity index is 2820. The van der Waals surface area contributed by atoms with Crippen molar-refractivity contribution < 1.29 is 26.3 Å². The van der Waals surface area contributed by atoms with Gasteiger partial charge in [0.2, 0.25) is 0 Å². The number of aromatic nitrogens is 2. The molecule has 0 saturated heterocycles. The second-order valence-corrected chi connectivity index (χ2v) is 17.0. The Morgan fingerprint density at radius 3 is 1.14 bits per heavy atom. The first-order valence-corrected chi connectivity index (χ1v) is 21.7. The lowest BCUT2D eigenvalue weighted by atomic mass is 9.65. The van der Waals surface area contributed by atoms with Gasteiger partial charge in [0.1, 0.15) is 0 Å². The molecule has 8 rings (SSSR count). The van der Waals surface area contributed by atoms with Crippen LogP contribution in [0.2, 0.25) is 0 Å². The lowest BCUT2D eigenvalue weighted by Crippen LogP contribution is -2.28. The normalized spacial score (nSPS) is 12.1. The van der Waals surface area contributed by atoms with Crippen LogP contribution in [0.3, 0.4) is 0 Å². The van der Waals surface area contributed by atoms with E-state index in [2.05, 4.69) is 113 Å². The summed E-state index contributed by atoms with van der Waals surface area (Å²) in [7, 11) is 0. The van der Waals surface area contributed by atoms with E-state index in [0.717, 1.165) is 93.0 Å². The van der Waals surface area contributed by atoms with Gasteiger partial charge in [-0.15, -0.1) is 0 Å². The molecule has 0 aliphatic rings. The van der Waals surface area contributed by atoms with E-state index in [-0.39, 0.29) is 5.41 Å². The van der Waals surface area contributed by atoms with E-state index in [0.29, 0.717) is 22.3 Å². The van der Waals surface area contributed by atoms with Gasteiger partial charge in [0, 0.05) is 40.1 Å². The standard InChI is InChI=1S/C57H48F6N2/c1-7-55(8-2,47-27-35(3)26-36(4)28-47)54-48(39-18-22-41(23-19-39)52-29-37(5)50(33-64-52)43-12-9-14-45(31-43)56(58,59)60)16-11-17-49(54)40-20-24-42(25-21-40)53-30-38(6)51(34-65-53)44-13-10-15-46(32-44)57(61,62)63/h9-34H,7-8H2,1-6H3. The number of alkyl halides is 6. The van der Waals surface area contributed by atoms with Gasteiger partial charge in [-0.2, -0.15) is 26.3 Å². The molecular formula is C57H48F6N2. The number of nitrogens with zero attached hydrogens (tertiary/aromatic N) is 2. The van der Waals surface area contributed by atoms with E-state index in [1.807, 2.05) is 26.0 Å². The monoisotopic (exact) mass is 874 g/mol. The highest BCUT2D eigenvalue weighted by atomic mass is 19.4. The molecule has 2 heterocycles. The molecule has 0 N–H and O–H groups in total. The van der Waals surface area contributed by atoms with E-state index in [1.54, 1.807) is 24.5 Å². The Hall–Kier alpha value is -6.80. The van der Waals surface area contributed by atoms with Crippen molar-refractivity contribution in [1.29, 1.82) is 0 Å². The van der Waals surface area contributed by atoms with Crippen molar-refractivity contribution in [3.63, 3.8) is 0 Å². The van der Waals surface area contributed by atoms with E-state index in [9.17, 15) is 26.3 Å². The number of rotatable bonds is 10. The second kappa shape index (κ2) is 17.6. The van der Waals surface area contributed by atoms with Crippen LogP contribution in [0.4, 0.5) is 26.3 Å². The van der Waals surface area contributed by atoms with Gasteiger partial charge in [0.25, 0.3) is 0 Å². The van der Waals surface area contributed by atoms with Crippen molar-refractivity contribution in [3.8, 4) is 67.0 Å². The molecule has 0 aliphatic carbocycles. The zero-order valence-electron chi connectivity index (χ0n) is 37.1. The highest BCUT2D eigenvalue weighted by molar-refractivity contribution is 5.84. The number of aryl methyl sites for hydroxylation is 4. The van der Waals surface area contributed by atoms with Crippen LogP contribution in [0.25, 0.3) is 67.0 Å². The average molecular weight is 875 g/mol. The lowest BCUT2D eigenvalue weighted by molar-refractivity contribution is -0.138. The quantitative estimate of drug-likeness (QED) is 0.128. The molecule has 8 heteroatoms. The summed E-state index contributed by atoms with van der Waals surface area (Å²) >= 11 is 0. The molecule has 2 aromatic heterocycles. The van der Waals surface area contributed by atoms with Crippen molar-refractivity contribution in [2.45, 2.75) is 72.2 Å². The van der Waals surface area contributed by atoms with Crippen molar-refractivity contribution in [2.75, 3.05) is 0 Å². The van der Waals surface area contributed by atoms with Crippen LogP contribution in [0, 0.1) is 27.7 Å². The van der Waals surface area contributed by atoms with Gasteiger partial charge in [-0.3, -0.25) is 9.97 Å². The minimum atomic E-state index is -4.44. The van der Waals surface area contributed by atoms with Gasteiger partial charge in [0.15, 0.2) is 0 Å². The van der Waals surface area contributed by atoms with E-state index >= 15 is 0 Å². The van der Waals surface area contributed by atoms with Crippen molar-refractivity contribution in [3.05, 3.63) is 202 Å². The minimum Gasteiger partial charge on any atom is -0.256 e. The highest BCUT2D eigenvalue weighted by Gasteiger charge is 2.36. The minimum absolute atomic E-state index is 0.365. The van der Waals surface area contributed by atoms with Gasteiger partial charge in [0.05, 0.1) is 22.5 Å². The predicted molar refractivity (Wildman–Crippen MR) is 251 cm³/mol. The highest BCUT2D eigenvalue weighted by Crippen LogP contribution is 2.49. The molecular weight excluding hydrogens is 827 g/mol. The Labute approximate surface area is 376 Å². The van der Waals surface area contributed by atoms with Gasteiger partial charge < -0.3 is 0 Å². The number of hydrogen-bond acceptors (Lipinski definition) is 2. The summed E-state index contributed by atoms with van der Waals surface area (Å²) in [4.78, 5) is 9.43. The van der Waals surface area contributed by atoms with Crippen LogP contribution < -0.4 is 0 Å².